The smallest absolute Gasteiger partial charge is 0.338 e. The molecular formula is C72H72F2O15. The summed E-state index contributed by atoms with van der Waals surface area (Å²) < 4.78 is 78.1. The fraction of sp³-hybridized carbons (Fsp3) is 0.250. The van der Waals surface area contributed by atoms with Crippen LogP contribution in [0.1, 0.15) is 118 Å². The Morgan fingerprint density at radius 2 is 0.730 bits per heavy atom. The lowest BCUT2D eigenvalue weighted by atomic mass is 9.92. The monoisotopic (exact) mass is 1210 g/mol. The molecule has 464 valence electrons. The number of benzene rings is 6. The summed E-state index contributed by atoms with van der Waals surface area (Å²) in [7, 11) is 0. The number of rotatable bonds is 25. The van der Waals surface area contributed by atoms with Crippen molar-refractivity contribution in [3.63, 3.8) is 0 Å². The molecule has 3 unspecified atom stereocenters. The Labute approximate surface area is 517 Å². The van der Waals surface area contributed by atoms with E-state index in [0.717, 1.165) is 23.7 Å². The molecule has 0 spiro atoms. The second kappa shape index (κ2) is 28.7. The van der Waals surface area contributed by atoms with Gasteiger partial charge in [0.15, 0.2) is 29.9 Å². The number of hydrogen-bond acceptors (Lipinski definition) is 15. The summed E-state index contributed by atoms with van der Waals surface area (Å²) in [5.41, 5.74) is 0.0806. The van der Waals surface area contributed by atoms with Crippen LogP contribution in [-0.2, 0) is 52.5 Å². The highest BCUT2D eigenvalue weighted by Gasteiger charge is 2.40. The Hall–Kier alpha value is -10.0. The minimum atomic E-state index is -1.66. The minimum absolute atomic E-state index is 0.0794. The Kier molecular flexibility index (Phi) is 21.9. The van der Waals surface area contributed by atoms with Gasteiger partial charge >= 0.3 is 35.8 Å². The third kappa shape index (κ3) is 18.0. The first-order chi connectivity index (χ1) is 41.6. The van der Waals surface area contributed by atoms with Gasteiger partial charge in [0.25, 0.3) is 0 Å². The molecule has 0 saturated heterocycles. The average Bonchev–Trinajstić information content (AvgIpc) is 2.84. The van der Waals surface area contributed by atoms with Crippen molar-refractivity contribution in [3.05, 3.63) is 234 Å². The first-order valence-corrected chi connectivity index (χ1v) is 28.0. The van der Waals surface area contributed by atoms with E-state index in [1.165, 1.54) is 86.6 Å². The number of aliphatic hydroxyl groups is 1. The van der Waals surface area contributed by atoms with Crippen LogP contribution in [0.2, 0.25) is 0 Å². The lowest BCUT2D eigenvalue weighted by Gasteiger charge is -2.35. The van der Waals surface area contributed by atoms with Gasteiger partial charge in [-0.25, -0.2) is 37.5 Å². The number of ether oxygens (including phenoxy) is 8. The lowest BCUT2D eigenvalue weighted by molar-refractivity contribution is -0.163. The van der Waals surface area contributed by atoms with Gasteiger partial charge in [-0.05, 0) is 170 Å². The van der Waals surface area contributed by atoms with E-state index in [-0.39, 0.29) is 50.5 Å². The fourth-order valence-electron chi connectivity index (χ4n) is 8.51. The van der Waals surface area contributed by atoms with E-state index in [1.807, 2.05) is 0 Å². The second-order valence-corrected chi connectivity index (χ2v) is 23.0. The molecular weight excluding hydrogens is 1140 g/mol. The van der Waals surface area contributed by atoms with Gasteiger partial charge < -0.3 is 43.0 Å². The van der Waals surface area contributed by atoms with Crippen molar-refractivity contribution < 1.29 is 80.5 Å². The Balaban J connectivity index is 1.26. The molecule has 0 amide bonds. The highest BCUT2D eigenvalue weighted by Crippen LogP contribution is 2.40. The highest BCUT2D eigenvalue weighted by molar-refractivity contribution is 5.91. The van der Waals surface area contributed by atoms with Gasteiger partial charge in [0.05, 0.1) is 23.7 Å². The van der Waals surface area contributed by atoms with Crippen LogP contribution >= 0.6 is 0 Å². The third-order valence-electron chi connectivity index (χ3n) is 13.7. The predicted octanol–water partition coefficient (Wildman–Crippen LogP) is 15.3. The Morgan fingerprint density at radius 1 is 0.404 bits per heavy atom. The molecule has 6 rings (SSSR count). The molecule has 6 aromatic rings. The number of hydrogen-bond donors (Lipinski definition) is 1. The van der Waals surface area contributed by atoms with Gasteiger partial charge in [0, 0.05) is 27.9 Å². The number of carbonyl (C=O) groups excluding carboxylic acids is 6. The van der Waals surface area contributed by atoms with Gasteiger partial charge in [-0.3, -0.25) is 0 Å². The Bertz CT molecular complexity index is 3770. The molecule has 0 bridgehead atoms. The zero-order valence-electron chi connectivity index (χ0n) is 51.8. The molecule has 17 heteroatoms. The van der Waals surface area contributed by atoms with E-state index in [9.17, 15) is 33.9 Å². The fourth-order valence-corrected chi connectivity index (χ4v) is 8.51. The predicted molar refractivity (Wildman–Crippen MR) is 332 cm³/mol. The number of halogens is 2. The van der Waals surface area contributed by atoms with Crippen molar-refractivity contribution in [1.29, 1.82) is 0 Å². The summed E-state index contributed by atoms with van der Waals surface area (Å²) in [5, 5.41) is 11.3. The molecule has 0 aliphatic heterocycles. The maximum atomic E-state index is 16.8. The maximum absolute atomic E-state index is 16.8. The quantitative estimate of drug-likeness (QED) is 0.0187. The summed E-state index contributed by atoms with van der Waals surface area (Å²) in [6, 6.07) is 35.1. The molecule has 0 heterocycles. The minimum Gasteiger partial charge on any atom is -0.491 e. The van der Waals surface area contributed by atoms with Gasteiger partial charge in [0.1, 0.15) is 34.1 Å². The van der Waals surface area contributed by atoms with E-state index < -0.39 is 82.6 Å². The normalized spacial score (nSPS) is 12.9. The summed E-state index contributed by atoms with van der Waals surface area (Å²) in [5.74, 6) is -5.84. The molecule has 89 heavy (non-hydrogen) atoms. The van der Waals surface area contributed by atoms with Crippen LogP contribution in [-0.4, -0.2) is 57.7 Å². The average molecular weight is 1220 g/mol. The number of esters is 6. The second-order valence-electron chi connectivity index (χ2n) is 23.0. The molecule has 6 aromatic carbocycles. The molecule has 0 fully saturated rings. The van der Waals surface area contributed by atoms with Crippen molar-refractivity contribution in [2.24, 2.45) is 0 Å². The zero-order chi connectivity index (χ0) is 65.9. The number of carbonyl (C=O) groups is 6. The van der Waals surface area contributed by atoms with Crippen molar-refractivity contribution in [2.75, 3.05) is 0 Å². The van der Waals surface area contributed by atoms with Gasteiger partial charge in [-0.2, -0.15) is 0 Å². The SMILES string of the molecule is C=C(C)C(=O)Oc1ccc(-c2ccc(C(OC(=O)/C(C)=C/OC(C)(C)C(OC(=O)/C(C)=C/OC(C)(C)C(OC(=O)C(=C)C)c3ccc(-c4ccc(OC(=O)C(=C)C)c(F)c4)cc3)c3ccc(-c4ccc(OC(=O)C(=C)C)cc4)cc3F)C(C)(C)O)cc2)cc1. The van der Waals surface area contributed by atoms with Crippen LogP contribution in [0.4, 0.5) is 8.78 Å². The van der Waals surface area contributed by atoms with Crippen molar-refractivity contribution in [3.8, 4) is 50.6 Å². The topological polar surface area (TPSA) is 196 Å². The molecule has 3 atom stereocenters. The van der Waals surface area contributed by atoms with Crippen LogP contribution in [0, 0.1) is 11.6 Å². The van der Waals surface area contributed by atoms with E-state index >= 15 is 8.78 Å². The van der Waals surface area contributed by atoms with Gasteiger partial charge in [0.2, 0.25) is 0 Å². The van der Waals surface area contributed by atoms with Crippen LogP contribution in [0.15, 0.2) is 206 Å². The van der Waals surface area contributed by atoms with Crippen LogP contribution in [0.25, 0.3) is 33.4 Å². The van der Waals surface area contributed by atoms with Crippen molar-refractivity contribution >= 4 is 35.8 Å². The molecule has 1 N–H and O–H groups in total. The molecule has 0 radical (unpaired) electrons. The largest absolute Gasteiger partial charge is 0.491 e. The van der Waals surface area contributed by atoms with E-state index in [0.29, 0.717) is 39.1 Å². The van der Waals surface area contributed by atoms with Crippen LogP contribution < -0.4 is 14.2 Å². The van der Waals surface area contributed by atoms with Gasteiger partial charge in [-0.15, -0.1) is 0 Å². The van der Waals surface area contributed by atoms with E-state index in [4.69, 9.17) is 37.9 Å². The summed E-state index contributed by atoms with van der Waals surface area (Å²) in [6.45, 7) is 32.4. The highest BCUT2D eigenvalue weighted by atomic mass is 19.1. The molecule has 15 nitrogen and oxygen atoms in total. The zero-order valence-corrected chi connectivity index (χ0v) is 51.8. The van der Waals surface area contributed by atoms with E-state index in [1.54, 1.807) is 130 Å². The van der Waals surface area contributed by atoms with Crippen molar-refractivity contribution in [2.45, 2.75) is 118 Å². The molecule has 0 saturated carbocycles. The third-order valence-corrected chi connectivity index (χ3v) is 13.7. The summed E-state index contributed by atoms with van der Waals surface area (Å²) in [6.07, 6.45) is -1.68. The molecule has 0 aliphatic carbocycles. The standard InChI is InChI=1S/C72H72F2O15/c1-41(2)64(75)84-55-31-25-48(26-32-55)47-17-21-51(22-18-47)61(70(11,12)81)87-68(79)45(9)40-83-72(15,16)63(57-35-29-53(37-58(57)73)50-27-33-56(34-28-50)85-65(76)42(3)4)89-69(80)46(10)39-82-71(13,14)62(88-67(78)44(7)8)52-23-19-49(20-24-52)54-30-36-60(59(74)38-54)86-66(77)43(5)6/h17-40,61-63,81H,1,3,5,7H2,2,4,6,8-16H3/b45-40+,46-39+. The summed E-state index contributed by atoms with van der Waals surface area (Å²) >= 11 is 0. The first kappa shape index (κ1) is 68.1. The van der Waals surface area contributed by atoms with Crippen molar-refractivity contribution in [1.82, 2.24) is 0 Å². The molecule has 0 aromatic heterocycles. The first-order valence-electron chi connectivity index (χ1n) is 28.0. The lowest BCUT2D eigenvalue weighted by Crippen LogP contribution is -2.36. The maximum Gasteiger partial charge on any atom is 0.338 e. The summed E-state index contributed by atoms with van der Waals surface area (Å²) in [4.78, 5) is 77.6. The Morgan fingerprint density at radius 3 is 1.12 bits per heavy atom. The van der Waals surface area contributed by atoms with E-state index in [2.05, 4.69) is 26.3 Å². The molecule has 0 aliphatic rings. The van der Waals surface area contributed by atoms with Crippen LogP contribution in [0.3, 0.4) is 0 Å². The van der Waals surface area contributed by atoms with Crippen LogP contribution in [0.5, 0.6) is 17.2 Å². The van der Waals surface area contributed by atoms with Gasteiger partial charge in [-0.1, -0.05) is 117 Å².